The number of ether oxygens (including phenoxy) is 1. The number of aryl methyl sites for hydroxylation is 1. The smallest absolute Gasteiger partial charge is 0.262 e. The van der Waals surface area contributed by atoms with Gasteiger partial charge in [0.1, 0.15) is 0 Å². The van der Waals surface area contributed by atoms with E-state index in [0.29, 0.717) is 22.4 Å². The van der Waals surface area contributed by atoms with E-state index in [9.17, 15) is 14.0 Å². The minimum Gasteiger partial charge on any atom is -0.480 e. The highest BCUT2D eigenvalue weighted by atomic mass is 19.1. The van der Waals surface area contributed by atoms with Crippen LogP contribution in [0.2, 0.25) is 0 Å². The number of anilines is 1. The fraction of sp³-hybridized carbons (Fsp3) is 0.364. The topological polar surface area (TPSA) is 58.6 Å². The zero-order chi connectivity index (χ0) is 21.1. The van der Waals surface area contributed by atoms with E-state index in [1.807, 2.05) is 26.8 Å². The van der Waals surface area contributed by atoms with Crippen molar-refractivity contribution < 1.29 is 18.7 Å². The molecule has 0 aromatic heterocycles. The van der Waals surface area contributed by atoms with E-state index in [0.717, 1.165) is 0 Å². The highest BCUT2D eigenvalue weighted by Crippen LogP contribution is 2.34. The lowest BCUT2D eigenvalue weighted by molar-refractivity contribution is -0.118. The van der Waals surface area contributed by atoms with Crippen molar-refractivity contribution in [3.05, 3.63) is 58.9 Å². The molecular weight excluding hydrogens is 359 g/mol. The highest BCUT2D eigenvalue weighted by molar-refractivity contribution is 5.95. The summed E-state index contributed by atoms with van der Waals surface area (Å²) in [6.07, 6.45) is 0. The van der Waals surface area contributed by atoms with Crippen molar-refractivity contribution >= 4 is 17.5 Å². The number of benzene rings is 2. The van der Waals surface area contributed by atoms with Gasteiger partial charge in [0.05, 0.1) is 0 Å². The first-order valence-corrected chi connectivity index (χ1v) is 9.04. The van der Waals surface area contributed by atoms with Crippen LogP contribution >= 0.6 is 0 Å². The number of hydrogen-bond donors (Lipinski definition) is 1. The lowest BCUT2D eigenvalue weighted by Crippen LogP contribution is -2.23. The van der Waals surface area contributed by atoms with Gasteiger partial charge in [-0.3, -0.25) is 9.59 Å². The second kappa shape index (κ2) is 8.42. The van der Waals surface area contributed by atoms with Crippen LogP contribution in [-0.2, 0) is 10.2 Å². The Morgan fingerprint density at radius 3 is 2.21 bits per heavy atom. The van der Waals surface area contributed by atoms with Gasteiger partial charge in [0.2, 0.25) is 0 Å². The molecule has 5 nitrogen and oxygen atoms in total. The Morgan fingerprint density at radius 2 is 1.68 bits per heavy atom. The van der Waals surface area contributed by atoms with Gasteiger partial charge < -0.3 is 15.0 Å². The number of halogens is 1. The zero-order valence-electron chi connectivity index (χ0n) is 17.2. The fourth-order valence-electron chi connectivity index (χ4n) is 2.68. The number of carbonyl (C=O) groups excluding carboxylic acids is 2. The molecule has 0 fully saturated rings. The molecule has 2 aromatic carbocycles. The van der Waals surface area contributed by atoms with Gasteiger partial charge in [0, 0.05) is 30.9 Å². The van der Waals surface area contributed by atoms with Gasteiger partial charge in [-0.2, -0.15) is 0 Å². The normalized spacial score (nSPS) is 11.1. The van der Waals surface area contributed by atoms with Crippen molar-refractivity contribution in [1.29, 1.82) is 0 Å². The van der Waals surface area contributed by atoms with Crippen LogP contribution in [0.5, 0.6) is 5.75 Å². The maximum atomic E-state index is 14.6. The lowest BCUT2D eigenvalue weighted by Gasteiger charge is -2.23. The van der Waals surface area contributed by atoms with Gasteiger partial charge in [0.15, 0.2) is 18.2 Å². The Bertz CT molecular complexity index is 869. The Kier molecular flexibility index (Phi) is 6.44. The van der Waals surface area contributed by atoms with Crippen LogP contribution in [-0.4, -0.2) is 37.4 Å². The molecule has 1 N–H and O–H groups in total. The van der Waals surface area contributed by atoms with Crippen LogP contribution in [0, 0.1) is 12.7 Å². The van der Waals surface area contributed by atoms with Crippen LogP contribution < -0.4 is 10.1 Å². The van der Waals surface area contributed by atoms with Crippen LogP contribution in [0.15, 0.2) is 36.4 Å². The molecule has 0 spiro atoms. The average Bonchev–Trinajstić information content (AvgIpc) is 2.61. The molecule has 2 aromatic rings. The van der Waals surface area contributed by atoms with E-state index in [1.165, 1.54) is 4.90 Å². The molecule has 0 unspecified atom stereocenters. The van der Waals surface area contributed by atoms with Crippen molar-refractivity contribution in [3.63, 3.8) is 0 Å². The third-order valence-electron chi connectivity index (χ3n) is 4.27. The molecule has 0 heterocycles. The van der Waals surface area contributed by atoms with Crippen LogP contribution in [0.3, 0.4) is 0 Å². The zero-order valence-corrected chi connectivity index (χ0v) is 17.2. The van der Waals surface area contributed by atoms with Crippen molar-refractivity contribution in [2.45, 2.75) is 33.1 Å². The van der Waals surface area contributed by atoms with Crippen molar-refractivity contribution in [2.75, 3.05) is 26.0 Å². The molecule has 0 saturated carbocycles. The largest absolute Gasteiger partial charge is 0.480 e. The van der Waals surface area contributed by atoms with Gasteiger partial charge in [-0.1, -0.05) is 32.9 Å². The third-order valence-corrected chi connectivity index (χ3v) is 4.27. The second-order valence-electron chi connectivity index (χ2n) is 7.94. The van der Waals surface area contributed by atoms with Crippen LogP contribution in [0.4, 0.5) is 10.1 Å². The Morgan fingerprint density at radius 1 is 1.07 bits per heavy atom. The van der Waals surface area contributed by atoms with Crippen LogP contribution in [0.25, 0.3) is 0 Å². The number of amides is 2. The molecule has 0 atom stereocenters. The quantitative estimate of drug-likeness (QED) is 0.840. The predicted molar refractivity (Wildman–Crippen MR) is 108 cm³/mol. The van der Waals surface area contributed by atoms with E-state index in [1.54, 1.807) is 51.4 Å². The van der Waals surface area contributed by atoms with Crippen molar-refractivity contribution in [2.24, 2.45) is 0 Å². The SMILES string of the molecule is Cc1ccc(C(C)(C)C)c(OCC(=O)Nc2ccc(C(=O)N(C)C)cc2)c1F. The van der Waals surface area contributed by atoms with Gasteiger partial charge >= 0.3 is 0 Å². The first-order valence-electron chi connectivity index (χ1n) is 9.04. The predicted octanol–water partition coefficient (Wildman–Crippen LogP) is 4.15. The minimum absolute atomic E-state index is 0.106. The van der Waals surface area contributed by atoms with E-state index in [2.05, 4.69) is 5.32 Å². The molecule has 150 valence electrons. The summed E-state index contributed by atoms with van der Waals surface area (Å²) in [4.78, 5) is 25.6. The molecule has 2 amide bonds. The average molecular weight is 386 g/mol. The summed E-state index contributed by atoms with van der Waals surface area (Å²) in [5.74, 6) is -0.875. The summed E-state index contributed by atoms with van der Waals surface area (Å²) in [7, 11) is 3.34. The molecule has 0 aliphatic carbocycles. The standard InChI is InChI=1S/C22H27FN2O3/c1-14-7-12-17(22(2,3)4)20(19(14)23)28-13-18(26)24-16-10-8-15(9-11-16)21(27)25(5)6/h7-12H,13H2,1-6H3,(H,24,26). The molecule has 0 aliphatic rings. The Hall–Kier alpha value is -2.89. The highest BCUT2D eigenvalue weighted by Gasteiger charge is 2.23. The van der Waals surface area contributed by atoms with Gasteiger partial charge in [-0.15, -0.1) is 0 Å². The third kappa shape index (κ3) is 5.09. The number of carbonyl (C=O) groups is 2. The maximum Gasteiger partial charge on any atom is 0.262 e. The molecule has 0 bridgehead atoms. The second-order valence-corrected chi connectivity index (χ2v) is 7.94. The van der Waals surface area contributed by atoms with Gasteiger partial charge in [0.25, 0.3) is 11.8 Å². The first kappa shape index (κ1) is 21.4. The molecule has 0 aliphatic heterocycles. The summed E-state index contributed by atoms with van der Waals surface area (Å²) in [6.45, 7) is 7.22. The first-order chi connectivity index (χ1) is 13.0. The fourth-order valence-corrected chi connectivity index (χ4v) is 2.68. The van der Waals surface area contributed by atoms with Crippen LogP contribution in [0.1, 0.15) is 42.3 Å². The molecular formula is C22H27FN2O3. The number of nitrogens with one attached hydrogen (secondary N) is 1. The molecule has 28 heavy (non-hydrogen) atoms. The summed E-state index contributed by atoms with van der Waals surface area (Å²) >= 11 is 0. The van der Waals surface area contributed by atoms with E-state index < -0.39 is 11.7 Å². The summed E-state index contributed by atoms with van der Waals surface area (Å²) in [5, 5.41) is 2.69. The molecule has 2 rings (SSSR count). The lowest BCUT2D eigenvalue weighted by atomic mass is 9.85. The molecule has 0 radical (unpaired) electrons. The number of rotatable bonds is 5. The maximum absolute atomic E-state index is 14.6. The minimum atomic E-state index is -0.452. The molecule has 6 heteroatoms. The van der Waals surface area contributed by atoms with E-state index in [4.69, 9.17) is 4.74 Å². The summed E-state index contributed by atoms with van der Waals surface area (Å²) < 4.78 is 20.1. The van der Waals surface area contributed by atoms with E-state index in [-0.39, 0.29) is 23.7 Å². The summed E-state index contributed by atoms with van der Waals surface area (Å²) in [5.41, 5.74) is 1.90. The monoisotopic (exact) mass is 386 g/mol. The van der Waals surface area contributed by atoms with E-state index >= 15 is 0 Å². The Balaban J connectivity index is 2.07. The Labute approximate surface area is 165 Å². The van der Waals surface area contributed by atoms with Crippen molar-refractivity contribution in [3.8, 4) is 5.75 Å². The summed E-state index contributed by atoms with van der Waals surface area (Å²) in [6, 6.07) is 10.1. The van der Waals surface area contributed by atoms with Gasteiger partial charge in [-0.05, 0) is 42.2 Å². The number of hydrogen-bond acceptors (Lipinski definition) is 3. The van der Waals surface area contributed by atoms with Crippen molar-refractivity contribution in [1.82, 2.24) is 4.90 Å². The number of nitrogens with zero attached hydrogens (tertiary/aromatic N) is 1. The molecule has 0 saturated heterocycles. The van der Waals surface area contributed by atoms with Gasteiger partial charge in [-0.25, -0.2) is 4.39 Å².